The van der Waals surface area contributed by atoms with E-state index in [4.69, 9.17) is 0 Å². The van der Waals surface area contributed by atoms with Crippen LogP contribution in [0.3, 0.4) is 0 Å². The highest BCUT2D eigenvalue weighted by Crippen LogP contribution is 2.36. The van der Waals surface area contributed by atoms with Gasteiger partial charge < -0.3 is 0 Å². The molecule has 1 heteroatoms. The third kappa shape index (κ3) is 3.76. The Kier molecular flexibility index (Phi) is 5.22. The summed E-state index contributed by atoms with van der Waals surface area (Å²) in [7, 11) is 0. The van der Waals surface area contributed by atoms with E-state index in [1.54, 1.807) is 5.57 Å². The van der Waals surface area contributed by atoms with Crippen molar-refractivity contribution in [3.8, 4) is 0 Å². The van der Waals surface area contributed by atoms with Crippen LogP contribution in [0.4, 0.5) is 0 Å². The van der Waals surface area contributed by atoms with Crippen LogP contribution in [0, 0.1) is 17.8 Å². The Labute approximate surface area is 97.3 Å². The quantitative estimate of drug-likeness (QED) is 0.505. The number of rotatable bonds is 3. The van der Waals surface area contributed by atoms with E-state index in [-0.39, 0.29) is 0 Å². The molecule has 2 unspecified atom stereocenters. The van der Waals surface area contributed by atoms with Gasteiger partial charge in [-0.2, -0.15) is 0 Å². The minimum Gasteiger partial charge on any atom is -0.0925 e. The number of allylic oxidation sites excluding steroid dienone is 2. The van der Waals surface area contributed by atoms with Crippen molar-refractivity contribution in [3.05, 3.63) is 11.6 Å². The van der Waals surface area contributed by atoms with Gasteiger partial charge in [0.25, 0.3) is 0 Å². The van der Waals surface area contributed by atoms with Gasteiger partial charge in [-0.3, -0.25) is 0 Å². The first-order valence-corrected chi connectivity index (χ1v) is 6.98. The molecule has 0 aromatic carbocycles. The topological polar surface area (TPSA) is 0 Å². The lowest BCUT2D eigenvalue weighted by atomic mass is 9.74. The predicted molar refractivity (Wildman–Crippen MR) is 67.8 cm³/mol. The molecule has 1 rings (SSSR count). The second-order valence-corrected chi connectivity index (χ2v) is 5.83. The summed E-state index contributed by atoms with van der Waals surface area (Å²) >= 11 is 3.48. The summed E-state index contributed by atoms with van der Waals surface area (Å²) in [6, 6.07) is 0. The monoisotopic (exact) mass is 258 g/mol. The van der Waals surface area contributed by atoms with Crippen molar-refractivity contribution in [3.63, 3.8) is 0 Å². The van der Waals surface area contributed by atoms with Crippen molar-refractivity contribution in [1.82, 2.24) is 0 Å². The SMILES string of the molecule is C/C(=C\CCBr)C1CC(C)CC(C)C1. The molecule has 14 heavy (non-hydrogen) atoms. The summed E-state index contributed by atoms with van der Waals surface area (Å²) < 4.78 is 0. The van der Waals surface area contributed by atoms with Crippen molar-refractivity contribution in [2.75, 3.05) is 5.33 Å². The molecule has 0 aromatic rings. The lowest BCUT2D eigenvalue weighted by molar-refractivity contribution is 0.244. The van der Waals surface area contributed by atoms with Gasteiger partial charge in [0, 0.05) is 5.33 Å². The fourth-order valence-electron chi connectivity index (χ4n) is 2.77. The highest BCUT2D eigenvalue weighted by molar-refractivity contribution is 9.09. The Morgan fingerprint density at radius 3 is 2.29 bits per heavy atom. The fraction of sp³-hybridized carbons (Fsp3) is 0.846. The Hall–Kier alpha value is 0.220. The maximum absolute atomic E-state index is 3.48. The normalized spacial score (nSPS) is 34.6. The molecule has 0 amide bonds. The Morgan fingerprint density at radius 2 is 1.79 bits per heavy atom. The lowest BCUT2D eigenvalue weighted by Crippen LogP contribution is -2.20. The van der Waals surface area contributed by atoms with Crippen molar-refractivity contribution in [2.45, 2.75) is 46.5 Å². The molecule has 0 aliphatic heterocycles. The average molecular weight is 259 g/mol. The van der Waals surface area contributed by atoms with Gasteiger partial charge in [0.05, 0.1) is 0 Å². The minimum atomic E-state index is 0.868. The molecule has 0 saturated heterocycles. The van der Waals surface area contributed by atoms with E-state index in [2.05, 4.69) is 42.8 Å². The standard InChI is InChI=1S/C13H23Br/c1-10-7-11(2)9-13(8-10)12(3)5-4-6-14/h5,10-11,13H,4,6-9H2,1-3H3/b12-5+. The Bertz CT molecular complexity index is 185. The lowest BCUT2D eigenvalue weighted by Gasteiger charge is -2.32. The van der Waals surface area contributed by atoms with Crippen LogP contribution in [0.15, 0.2) is 11.6 Å². The van der Waals surface area contributed by atoms with Gasteiger partial charge in [-0.05, 0) is 50.4 Å². The molecule has 82 valence electrons. The number of halogens is 1. The molecule has 1 aliphatic carbocycles. The maximum atomic E-state index is 3.48. The van der Waals surface area contributed by atoms with E-state index in [1.807, 2.05) is 0 Å². The molecular weight excluding hydrogens is 236 g/mol. The van der Waals surface area contributed by atoms with Crippen molar-refractivity contribution in [1.29, 1.82) is 0 Å². The molecule has 0 aromatic heterocycles. The third-order valence-electron chi connectivity index (χ3n) is 3.40. The van der Waals surface area contributed by atoms with Gasteiger partial charge >= 0.3 is 0 Å². The fourth-order valence-corrected chi connectivity index (χ4v) is 3.00. The number of hydrogen-bond acceptors (Lipinski definition) is 0. The second-order valence-electron chi connectivity index (χ2n) is 5.04. The van der Waals surface area contributed by atoms with Gasteiger partial charge in [0.1, 0.15) is 0 Å². The number of hydrogen-bond donors (Lipinski definition) is 0. The van der Waals surface area contributed by atoms with Crippen LogP contribution in [0.5, 0.6) is 0 Å². The first-order chi connectivity index (χ1) is 6.63. The summed E-state index contributed by atoms with van der Waals surface area (Å²) in [5.74, 6) is 2.72. The third-order valence-corrected chi connectivity index (χ3v) is 3.86. The molecule has 0 nitrogen and oxygen atoms in total. The smallest absolute Gasteiger partial charge is 0.00660 e. The van der Waals surface area contributed by atoms with Crippen molar-refractivity contribution >= 4 is 15.9 Å². The zero-order valence-electron chi connectivity index (χ0n) is 9.72. The summed E-state index contributed by atoms with van der Waals surface area (Å²) in [6.07, 6.45) is 7.86. The number of alkyl halides is 1. The first kappa shape index (κ1) is 12.3. The van der Waals surface area contributed by atoms with Crippen LogP contribution < -0.4 is 0 Å². The van der Waals surface area contributed by atoms with Gasteiger partial charge in [0.15, 0.2) is 0 Å². The van der Waals surface area contributed by atoms with E-state index >= 15 is 0 Å². The largest absolute Gasteiger partial charge is 0.0925 e. The minimum absolute atomic E-state index is 0.868. The van der Waals surface area contributed by atoms with E-state index in [0.717, 1.165) is 23.1 Å². The molecule has 0 spiro atoms. The predicted octanol–water partition coefficient (Wildman–Crippen LogP) is 4.79. The van der Waals surface area contributed by atoms with Gasteiger partial charge in [-0.25, -0.2) is 0 Å². The molecular formula is C13H23Br. The molecule has 2 atom stereocenters. The van der Waals surface area contributed by atoms with Crippen molar-refractivity contribution in [2.24, 2.45) is 17.8 Å². The van der Waals surface area contributed by atoms with E-state index < -0.39 is 0 Å². The summed E-state index contributed by atoms with van der Waals surface area (Å²) in [5, 5.41) is 1.10. The molecule has 1 aliphatic rings. The van der Waals surface area contributed by atoms with E-state index in [9.17, 15) is 0 Å². The van der Waals surface area contributed by atoms with Crippen LogP contribution in [-0.4, -0.2) is 5.33 Å². The van der Waals surface area contributed by atoms with Crippen LogP contribution >= 0.6 is 15.9 Å². The molecule has 0 heterocycles. The summed E-state index contributed by atoms with van der Waals surface area (Å²) in [5.41, 5.74) is 1.63. The maximum Gasteiger partial charge on any atom is 0.00660 e. The molecule has 1 fully saturated rings. The van der Waals surface area contributed by atoms with E-state index in [1.165, 1.54) is 25.7 Å². The van der Waals surface area contributed by atoms with E-state index in [0.29, 0.717) is 0 Å². The van der Waals surface area contributed by atoms with Crippen LogP contribution in [0.1, 0.15) is 46.5 Å². The first-order valence-electron chi connectivity index (χ1n) is 5.86. The van der Waals surface area contributed by atoms with Crippen molar-refractivity contribution < 1.29 is 0 Å². The zero-order chi connectivity index (χ0) is 10.6. The highest BCUT2D eigenvalue weighted by Gasteiger charge is 2.24. The Balaban J connectivity index is 2.50. The Morgan fingerprint density at radius 1 is 1.21 bits per heavy atom. The summed E-state index contributed by atoms with van der Waals surface area (Å²) in [4.78, 5) is 0. The second kappa shape index (κ2) is 5.95. The van der Waals surface area contributed by atoms with Crippen LogP contribution in [-0.2, 0) is 0 Å². The highest BCUT2D eigenvalue weighted by atomic mass is 79.9. The van der Waals surface area contributed by atoms with Crippen LogP contribution in [0.25, 0.3) is 0 Å². The average Bonchev–Trinajstić information content (AvgIpc) is 2.12. The zero-order valence-corrected chi connectivity index (χ0v) is 11.3. The molecule has 0 radical (unpaired) electrons. The molecule has 0 N–H and O–H groups in total. The van der Waals surface area contributed by atoms with Gasteiger partial charge in [-0.1, -0.05) is 41.4 Å². The molecule has 1 saturated carbocycles. The van der Waals surface area contributed by atoms with Crippen LogP contribution in [0.2, 0.25) is 0 Å². The molecule has 0 bridgehead atoms. The summed E-state index contributed by atoms with van der Waals surface area (Å²) in [6.45, 7) is 7.12. The van der Waals surface area contributed by atoms with Gasteiger partial charge in [-0.15, -0.1) is 0 Å². The van der Waals surface area contributed by atoms with Gasteiger partial charge in [0.2, 0.25) is 0 Å².